The van der Waals surface area contributed by atoms with E-state index >= 15 is 0 Å². The van der Waals surface area contributed by atoms with E-state index in [2.05, 4.69) is 5.32 Å². The predicted molar refractivity (Wildman–Crippen MR) is 105 cm³/mol. The van der Waals surface area contributed by atoms with Crippen LogP contribution in [0.5, 0.6) is 5.75 Å². The molecule has 0 fully saturated rings. The van der Waals surface area contributed by atoms with E-state index in [4.69, 9.17) is 9.47 Å². The maximum absolute atomic E-state index is 13.1. The van der Waals surface area contributed by atoms with Gasteiger partial charge in [-0.2, -0.15) is 0 Å². The third-order valence-corrected chi connectivity index (χ3v) is 4.14. The van der Waals surface area contributed by atoms with Gasteiger partial charge in [-0.25, -0.2) is 4.39 Å². The zero-order valence-corrected chi connectivity index (χ0v) is 16.2. The molecule has 2 aromatic rings. The minimum Gasteiger partial charge on any atom is -0.497 e. The predicted octanol–water partition coefficient (Wildman–Crippen LogP) is 4.05. The number of carbonyl (C=O) groups is 2. The lowest BCUT2D eigenvalue weighted by molar-refractivity contribution is -0.143. The van der Waals surface area contributed by atoms with Crippen LogP contribution in [-0.4, -0.2) is 25.6 Å². The zero-order chi connectivity index (χ0) is 20.5. The number of nitrogens with one attached hydrogen (secondary N) is 1. The van der Waals surface area contributed by atoms with Crippen molar-refractivity contribution in [3.63, 3.8) is 0 Å². The second kappa shape index (κ2) is 10.3. The van der Waals surface area contributed by atoms with Gasteiger partial charge in [0, 0.05) is 6.08 Å². The summed E-state index contributed by atoms with van der Waals surface area (Å²) in [4.78, 5) is 24.5. The van der Waals surface area contributed by atoms with Gasteiger partial charge in [0.2, 0.25) is 5.91 Å². The van der Waals surface area contributed by atoms with Crippen molar-refractivity contribution in [1.82, 2.24) is 5.32 Å². The lowest BCUT2D eigenvalue weighted by atomic mass is 10.0. The molecule has 148 valence electrons. The number of allylic oxidation sites excluding steroid dienone is 1. The largest absolute Gasteiger partial charge is 0.497 e. The Kier molecular flexibility index (Phi) is 7.75. The smallest absolute Gasteiger partial charge is 0.308 e. The van der Waals surface area contributed by atoms with Crippen LogP contribution in [0.2, 0.25) is 0 Å². The highest BCUT2D eigenvalue weighted by Crippen LogP contribution is 2.23. The number of amides is 1. The summed E-state index contributed by atoms with van der Waals surface area (Å²) in [5, 5.41) is 2.84. The highest BCUT2D eigenvalue weighted by atomic mass is 19.1. The van der Waals surface area contributed by atoms with Crippen LogP contribution in [0.15, 0.2) is 54.6 Å². The average molecular weight is 385 g/mol. The molecule has 1 N–H and O–H groups in total. The normalized spacial score (nSPS) is 12.2. The molecule has 5 nitrogen and oxygen atoms in total. The van der Waals surface area contributed by atoms with E-state index in [1.807, 2.05) is 6.07 Å². The summed E-state index contributed by atoms with van der Waals surface area (Å²) in [6.07, 6.45) is 1.42. The van der Waals surface area contributed by atoms with E-state index in [1.54, 1.807) is 51.3 Å². The highest BCUT2D eigenvalue weighted by molar-refractivity contribution is 5.95. The van der Waals surface area contributed by atoms with Crippen LogP contribution in [0.4, 0.5) is 4.39 Å². The van der Waals surface area contributed by atoms with E-state index in [0.29, 0.717) is 11.3 Å². The van der Waals surface area contributed by atoms with Crippen molar-refractivity contribution in [1.29, 1.82) is 0 Å². The number of rotatable bonds is 8. The molecule has 0 saturated heterocycles. The van der Waals surface area contributed by atoms with Gasteiger partial charge in [-0.05, 0) is 54.8 Å². The topological polar surface area (TPSA) is 64.6 Å². The first-order valence-electron chi connectivity index (χ1n) is 8.97. The molecule has 6 heteroatoms. The Morgan fingerprint density at radius 2 is 1.89 bits per heavy atom. The van der Waals surface area contributed by atoms with Crippen LogP contribution >= 0.6 is 0 Å². The summed E-state index contributed by atoms with van der Waals surface area (Å²) in [6.45, 7) is 3.76. The molecular weight excluding hydrogens is 361 g/mol. The number of hydrogen-bond donors (Lipinski definition) is 1. The second-order valence-electron chi connectivity index (χ2n) is 6.18. The minimum atomic E-state index is -0.570. The van der Waals surface area contributed by atoms with Crippen LogP contribution in [0.3, 0.4) is 0 Å². The van der Waals surface area contributed by atoms with Gasteiger partial charge in [0.05, 0.1) is 26.2 Å². The molecule has 28 heavy (non-hydrogen) atoms. The molecule has 0 spiro atoms. The zero-order valence-electron chi connectivity index (χ0n) is 16.2. The molecule has 2 aromatic carbocycles. The Hall–Kier alpha value is -3.15. The van der Waals surface area contributed by atoms with Crippen LogP contribution < -0.4 is 10.1 Å². The maximum atomic E-state index is 13.1. The molecule has 0 bridgehead atoms. The van der Waals surface area contributed by atoms with Gasteiger partial charge >= 0.3 is 5.97 Å². The van der Waals surface area contributed by atoms with Crippen molar-refractivity contribution < 1.29 is 23.5 Å². The van der Waals surface area contributed by atoms with Crippen molar-refractivity contribution in [3.05, 3.63) is 71.6 Å². The Balaban J connectivity index is 2.20. The first kappa shape index (κ1) is 21.2. The molecule has 2 rings (SSSR count). The summed E-state index contributed by atoms with van der Waals surface area (Å²) < 4.78 is 23.3. The van der Waals surface area contributed by atoms with Crippen molar-refractivity contribution in [2.24, 2.45) is 0 Å². The fraction of sp³-hybridized carbons (Fsp3) is 0.273. The van der Waals surface area contributed by atoms with Crippen molar-refractivity contribution in [2.45, 2.75) is 26.3 Å². The van der Waals surface area contributed by atoms with Gasteiger partial charge < -0.3 is 14.8 Å². The number of methoxy groups -OCH3 is 1. The van der Waals surface area contributed by atoms with Gasteiger partial charge in [-0.15, -0.1) is 0 Å². The lowest BCUT2D eigenvalue weighted by Crippen LogP contribution is -2.29. The molecule has 0 aliphatic carbocycles. The molecule has 0 saturated carbocycles. The summed E-state index contributed by atoms with van der Waals surface area (Å²) >= 11 is 0. The second-order valence-corrected chi connectivity index (χ2v) is 6.18. The molecule has 0 aliphatic rings. The third-order valence-electron chi connectivity index (χ3n) is 4.14. The number of carbonyl (C=O) groups excluding carboxylic acids is 2. The summed E-state index contributed by atoms with van der Waals surface area (Å²) in [5.41, 5.74) is 2.14. The molecule has 0 aromatic heterocycles. The number of ether oxygens (including phenoxy) is 2. The summed E-state index contributed by atoms with van der Waals surface area (Å²) in [6, 6.07) is 12.5. The van der Waals surface area contributed by atoms with Gasteiger partial charge in [0.1, 0.15) is 11.6 Å². The van der Waals surface area contributed by atoms with E-state index in [9.17, 15) is 14.0 Å². The Labute approximate surface area is 164 Å². The van der Waals surface area contributed by atoms with E-state index < -0.39 is 12.0 Å². The number of hydrogen-bond acceptors (Lipinski definition) is 4. The third kappa shape index (κ3) is 6.23. The van der Waals surface area contributed by atoms with Crippen LogP contribution in [-0.2, 0) is 14.3 Å². The standard InChI is InChI=1S/C22H24FNO4/c1-4-28-22(26)14-20(17-6-5-7-19(13-17)27-3)24-21(25)12-15(2)16-8-10-18(23)11-9-16/h5-13,20H,4,14H2,1-3H3,(H,24,25)/b15-12-. The summed E-state index contributed by atoms with van der Waals surface area (Å²) in [5.74, 6) is -0.485. The van der Waals surface area contributed by atoms with Gasteiger partial charge in [-0.1, -0.05) is 24.3 Å². The van der Waals surface area contributed by atoms with Gasteiger partial charge in [-0.3, -0.25) is 9.59 Å². The maximum Gasteiger partial charge on any atom is 0.308 e. The van der Waals surface area contributed by atoms with Crippen molar-refractivity contribution >= 4 is 17.4 Å². The quantitative estimate of drug-likeness (QED) is 0.550. The van der Waals surface area contributed by atoms with Gasteiger partial charge in [0.15, 0.2) is 0 Å². The van der Waals surface area contributed by atoms with E-state index in [-0.39, 0.29) is 24.8 Å². The monoisotopic (exact) mass is 385 g/mol. The van der Waals surface area contributed by atoms with Crippen LogP contribution in [0, 0.1) is 5.82 Å². The molecule has 0 aliphatic heterocycles. The Morgan fingerprint density at radius 1 is 1.18 bits per heavy atom. The average Bonchev–Trinajstić information content (AvgIpc) is 2.68. The number of benzene rings is 2. The summed E-state index contributed by atoms with van der Waals surface area (Å²) in [7, 11) is 1.55. The lowest BCUT2D eigenvalue weighted by Gasteiger charge is -2.18. The molecular formula is C22H24FNO4. The SMILES string of the molecule is CCOC(=O)CC(NC(=O)/C=C(/C)c1ccc(F)cc1)c1cccc(OC)c1. The van der Waals surface area contributed by atoms with Crippen molar-refractivity contribution in [2.75, 3.05) is 13.7 Å². The van der Waals surface area contributed by atoms with E-state index in [0.717, 1.165) is 11.1 Å². The minimum absolute atomic E-state index is 0.00379. The van der Waals surface area contributed by atoms with Crippen LogP contribution in [0.25, 0.3) is 5.57 Å². The highest BCUT2D eigenvalue weighted by Gasteiger charge is 2.19. The number of esters is 1. The molecule has 1 unspecified atom stereocenters. The Bertz CT molecular complexity index is 846. The first-order valence-corrected chi connectivity index (χ1v) is 8.97. The van der Waals surface area contributed by atoms with Crippen molar-refractivity contribution in [3.8, 4) is 5.75 Å². The number of halogens is 1. The fourth-order valence-corrected chi connectivity index (χ4v) is 2.70. The van der Waals surface area contributed by atoms with E-state index in [1.165, 1.54) is 18.2 Å². The fourth-order valence-electron chi connectivity index (χ4n) is 2.70. The molecule has 0 radical (unpaired) electrons. The molecule has 1 amide bonds. The van der Waals surface area contributed by atoms with Gasteiger partial charge in [0.25, 0.3) is 0 Å². The van der Waals surface area contributed by atoms with Crippen LogP contribution in [0.1, 0.15) is 37.4 Å². The Morgan fingerprint density at radius 3 is 2.54 bits per heavy atom. The molecule has 1 atom stereocenters. The molecule has 0 heterocycles. The first-order chi connectivity index (χ1) is 13.4.